The number of hydrogen-bond donors (Lipinski definition) is 1. The molecule has 0 saturated carbocycles. The molecular weight excluding hydrogens is 593 g/mol. The highest BCUT2D eigenvalue weighted by molar-refractivity contribution is 9.10. The first-order valence-corrected chi connectivity index (χ1v) is 12.7. The van der Waals surface area contributed by atoms with E-state index in [-0.39, 0.29) is 41.1 Å². The molecule has 0 aliphatic rings. The molecule has 0 unspecified atom stereocenters. The van der Waals surface area contributed by atoms with Crippen LogP contribution in [0.4, 0.5) is 13.2 Å². The van der Waals surface area contributed by atoms with Gasteiger partial charge in [-0.1, -0.05) is 43.1 Å². The van der Waals surface area contributed by atoms with Crippen LogP contribution in [0, 0.1) is 0 Å². The largest absolute Gasteiger partial charge is 0.573 e. The molecule has 1 aromatic heterocycles. The Hall–Kier alpha value is -3.25. The average molecular weight is 618 g/mol. The molecule has 8 nitrogen and oxygen atoms in total. The lowest BCUT2D eigenvalue weighted by molar-refractivity contribution is -0.274. The van der Waals surface area contributed by atoms with Gasteiger partial charge >= 0.3 is 12.4 Å². The summed E-state index contributed by atoms with van der Waals surface area (Å²) in [7, 11) is 1.48. The number of hydrogen-bond acceptors (Lipinski definition) is 5. The van der Waals surface area contributed by atoms with Crippen LogP contribution >= 0.6 is 27.5 Å². The molecule has 3 rings (SSSR count). The first-order valence-electron chi connectivity index (χ1n) is 11.5. The lowest BCUT2D eigenvalue weighted by atomic mass is 10.2. The van der Waals surface area contributed by atoms with Crippen molar-refractivity contribution in [1.29, 1.82) is 0 Å². The van der Waals surface area contributed by atoms with E-state index in [9.17, 15) is 22.8 Å². The van der Waals surface area contributed by atoms with E-state index in [0.717, 1.165) is 24.1 Å². The van der Waals surface area contributed by atoms with Crippen LogP contribution in [0.15, 0.2) is 53.1 Å². The van der Waals surface area contributed by atoms with Crippen LogP contribution in [0.1, 0.15) is 35.8 Å². The number of rotatable bonds is 11. The molecule has 3 aromatic rings. The number of alkyl halides is 3. The molecular formula is C25H25BrClF3N4O4. The Bertz CT molecular complexity index is 1270. The van der Waals surface area contributed by atoms with Gasteiger partial charge in [0.25, 0.3) is 5.91 Å². The molecule has 1 N–H and O–H groups in total. The SMILES string of the molecule is CCCCN(CC(=O)NC)C(=O)c1c(Br)nc(Oc2cccc(OC(F)(F)F)c2)n1Cc1ccc(Cl)cc1. The summed E-state index contributed by atoms with van der Waals surface area (Å²) in [4.78, 5) is 31.6. The second-order valence-corrected chi connectivity index (χ2v) is 9.31. The fourth-order valence-electron chi connectivity index (χ4n) is 3.45. The standard InChI is InChI=1S/C25H25BrClF3N4O4/c1-3-4-12-33(15-20(35)31-2)23(36)21-22(26)32-24(34(21)14-16-8-10-17(27)11-9-16)37-18-6-5-7-19(13-18)38-25(28,29)30/h5-11,13H,3-4,12,14-15H2,1-2H3,(H,31,35). The number of imidazole rings is 1. The van der Waals surface area contributed by atoms with Crippen molar-refractivity contribution < 1.29 is 32.2 Å². The van der Waals surface area contributed by atoms with Gasteiger partial charge in [-0.05, 0) is 52.2 Å². The van der Waals surface area contributed by atoms with Crippen molar-refractivity contribution in [2.75, 3.05) is 20.1 Å². The molecule has 38 heavy (non-hydrogen) atoms. The quantitative estimate of drug-likeness (QED) is 0.284. The Morgan fingerprint density at radius 1 is 1.16 bits per heavy atom. The number of amides is 2. The monoisotopic (exact) mass is 616 g/mol. The van der Waals surface area contributed by atoms with Crippen LogP contribution in [0.25, 0.3) is 0 Å². The summed E-state index contributed by atoms with van der Waals surface area (Å²) in [5.41, 5.74) is 0.858. The fraction of sp³-hybridized carbons (Fsp3) is 0.320. The predicted molar refractivity (Wildman–Crippen MR) is 139 cm³/mol. The Kier molecular flexibility index (Phi) is 10.0. The van der Waals surface area contributed by atoms with Gasteiger partial charge in [-0.2, -0.15) is 4.98 Å². The van der Waals surface area contributed by atoms with Crippen LogP contribution in [0.2, 0.25) is 5.02 Å². The minimum Gasteiger partial charge on any atom is -0.425 e. The zero-order chi connectivity index (χ0) is 27.9. The molecule has 0 aliphatic carbocycles. The topological polar surface area (TPSA) is 85.7 Å². The summed E-state index contributed by atoms with van der Waals surface area (Å²) >= 11 is 9.34. The number of nitrogens with zero attached hydrogens (tertiary/aromatic N) is 3. The van der Waals surface area contributed by atoms with Gasteiger partial charge in [0.2, 0.25) is 5.91 Å². The van der Waals surface area contributed by atoms with Crippen molar-refractivity contribution in [2.24, 2.45) is 0 Å². The third kappa shape index (κ3) is 8.12. The van der Waals surface area contributed by atoms with Crippen molar-refractivity contribution in [2.45, 2.75) is 32.7 Å². The van der Waals surface area contributed by atoms with Crippen LogP contribution in [-0.4, -0.2) is 52.8 Å². The van der Waals surface area contributed by atoms with E-state index in [2.05, 4.69) is 31.0 Å². The molecule has 0 atom stereocenters. The molecule has 2 amide bonds. The molecule has 2 aromatic carbocycles. The molecule has 204 valence electrons. The Balaban J connectivity index is 2.04. The molecule has 0 fully saturated rings. The van der Waals surface area contributed by atoms with Crippen LogP contribution < -0.4 is 14.8 Å². The predicted octanol–water partition coefficient (Wildman–Crippen LogP) is 6.03. The number of likely N-dealkylation sites (N-methyl/N-ethyl adjacent to an activating group) is 1. The number of aromatic nitrogens is 2. The van der Waals surface area contributed by atoms with E-state index in [0.29, 0.717) is 18.0 Å². The lowest BCUT2D eigenvalue weighted by Crippen LogP contribution is -2.41. The van der Waals surface area contributed by atoms with Gasteiger partial charge in [0.15, 0.2) is 0 Å². The van der Waals surface area contributed by atoms with Gasteiger partial charge in [-0.25, -0.2) is 0 Å². The highest BCUT2D eigenvalue weighted by atomic mass is 79.9. The molecule has 0 radical (unpaired) electrons. The first-order chi connectivity index (χ1) is 18.0. The van der Waals surface area contributed by atoms with Crippen molar-refractivity contribution in [3.63, 3.8) is 0 Å². The van der Waals surface area contributed by atoms with Crippen molar-refractivity contribution >= 4 is 39.3 Å². The molecule has 1 heterocycles. The summed E-state index contributed by atoms with van der Waals surface area (Å²) in [6.07, 6.45) is -3.41. The van der Waals surface area contributed by atoms with E-state index in [4.69, 9.17) is 16.3 Å². The number of carbonyl (C=O) groups is 2. The zero-order valence-corrected chi connectivity index (χ0v) is 22.9. The van der Waals surface area contributed by atoms with Crippen LogP contribution in [-0.2, 0) is 11.3 Å². The van der Waals surface area contributed by atoms with Crippen LogP contribution in [0.3, 0.4) is 0 Å². The highest BCUT2D eigenvalue weighted by Crippen LogP contribution is 2.32. The molecule has 0 saturated heterocycles. The zero-order valence-electron chi connectivity index (χ0n) is 20.5. The van der Waals surface area contributed by atoms with E-state index >= 15 is 0 Å². The minimum atomic E-state index is -4.87. The Morgan fingerprint density at radius 3 is 2.47 bits per heavy atom. The van der Waals surface area contributed by atoms with Crippen molar-refractivity contribution in [3.05, 3.63) is 69.4 Å². The maximum Gasteiger partial charge on any atom is 0.573 e. The molecule has 0 spiro atoms. The first kappa shape index (κ1) is 29.3. The van der Waals surface area contributed by atoms with Crippen LogP contribution in [0.5, 0.6) is 17.5 Å². The normalized spacial score (nSPS) is 11.2. The molecule has 0 aliphatic heterocycles. The lowest BCUT2D eigenvalue weighted by Gasteiger charge is -2.23. The van der Waals surface area contributed by atoms with Gasteiger partial charge in [0.05, 0.1) is 13.1 Å². The fourth-order valence-corrected chi connectivity index (χ4v) is 4.11. The summed E-state index contributed by atoms with van der Waals surface area (Å²) < 4.78 is 49.5. The van der Waals surface area contributed by atoms with E-state index in [1.165, 1.54) is 28.6 Å². The maximum atomic E-state index is 13.7. The van der Waals surface area contributed by atoms with Crippen molar-refractivity contribution in [1.82, 2.24) is 19.8 Å². The van der Waals surface area contributed by atoms with Gasteiger partial charge in [-0.3, -0.25) is 14.2 Å². The Morgan fingerprint density at radius 2 is 1.84 bits per heavy atom. The van der Waals surface area contributed by atoms with Gasteiger partial charge in [0, 0.05) is 24.7 Å². The highest BCUT2D eigenvalue weighted by Gasteiger charge is 2.32. The summed E-state index contributed by atoms with van der Waals surface area (Å²) in [5.74, 6) is -1.28. The van der Waals surface area contributed by atoms with Gasteiger partial charge < -0.3 is 19.7 Å². The minimum absolute atomic E-state index is 0.00815. The third-order valence-corrected chi connectivity index (χ3v) is 6.08. The van der Waals surface area contributed by atoms with E-state index < -0.39 is 18.0 Å². The number of carbonyl (C=O) groups excluding carboxylic acids is 2. The average Bonchev–Trinajstić information content (AvgIpc) is 3.15. The maximum absolute atomic E-state index is 13.7. The Labute approximate surface area is 230 Å². The third-order valence-electron chi connectivity index (χ3n) is 5.28. The van der Waals surface area contributed by atoms with E-state index in [1.807, 2.05) is 6.92 Å². The second kappa shape index (κ2) is 13.0. The summed E-state index contributed by atoms with van der Waals surface area (Å²) in [6.45, 7) is 2.24. The van der Waals surface area contributed by atoms with E-state index in [1.54, 1.807) is 24.3 Å². The summed E-state index contributed by atoms with van der Waals surface area (Å²) in [6, 6.07) is 11.8. The smallest absolute Gasteiger partial charge is 0.425 e. The number of ether oxygens (including phenoxy) is 2. The summed E-state index contributed by atoms with van der Waals surface area (Å²) in [5, 5.41) is 3.04. The number of nitrogens with one attached hydrogen (secondary N) is 1. The molecule has 0 bridgehead atoms. The molecule has 13 heteroatoms. The van der Waals surface area contributed by atoms with Crippen molar-refractivity contribution in [3.8, 4) is 17.5 Å². The van der Waals surface area contributed by atoms with Gasteiger partial charge in [0.1, 0.15) is 21.8 Å². The number of halogens is 5. The van der Waals surface area contributed by atoms with Gasteiger partial charge in [-0.15, -0.1) is 13.2 Å². The second-order valence-electron chi connectivity index (χ2n) is 8.12. The number of benzene rings is 2. The number of unbranched alkanes of at least 4 members (excludes halogenated alkanes) is 1.